The molecule has 3 heterocycles. The van der Waals surface area contributed by atoms with E-state index in [-0.39, 0.29) is 18.3 Å². The molecule has 0 fully saturated rings. The van der Waals surface area contributed by atoms with Crippen LogP contribution in [0.4, 0.5) is 0 Å². The fourth-order valence-electron chi connectivity index (χ4n) is 3.29. The Kier molecular flexibility index (Phi) is 5.05. The number of Topliss-reactive ketones (excluding diaryl/α,β-unsaturated/α-hetero) is 1. The predicted octanol–water partition coefficient (Wildman–Crippen LogP) is 2.97. The van der Waals surface area contributed by atoms with Crippen molar-refractivity contribution < 1.29 is 14.3 Å². The third-order valence-electron chi connectivity index (χ3n) is 4.64. The molecule has 0 aliphatic carbocycles. The fourth-order valence-corrected chi connectivity index (χ4v) is 4.45. The first-order valence-electron chi connectivity index (χ1n) is 9.08. The number of para-hydroxylation sites is 1. The number of carbonyl (C=O) groups is 2. The van der Waals surface area contributed by atoms with Crippen LogP contribution in [0.5, 0.6) is 0 Å². The number of ketones is 1. The number of aromatic amines is 1. The lowest BCUT2D eigenvalue weighted by Gasteiger charge is -2.25. The average Bonchev–Trinajstić information content (AvgIpc) is 3.28. The second-order valence-electron chi connectivity index (χ2n) is 6.58. The van der Waals surface area contributed by atoms with E-state index in [9.17, 15) is 9.59 Å². The minimum absolute atomic E-state index is 0.000720. The molecule has 1 aliphatic rings. The van der Waals surface area contributed by atoms with E-state index in [0.29, 0.717) is 31.8 Å². The predicted molar refractivity (Wildman–Crippen MR) is 104 cm³/mol. The van der Waals surface area contributed by atoms with Gasteiger partial charge in [-0.25, -0.2) is 4.98 Å². The Labute approximate surface area is 161 Å². The normalized spacial score (nSPS) is 13.7. The molecule has 1 aromatic carbocycles. The van der Waals surface area contributed by atoms with Gasteiger partial charge in [0.05, 0.1) is 18.7 Å². The van der Waals surface area contributed by atoms with Crippen LogP contribution in [0.3, 0.4) is 0 Å². The molecule has 0 saturated heterocycles. The number of amides is 1. The molecule has 0 bridgehead atoms. The number of thiazole rings is 1. The summed E-state index contributed by atoms with van der Waals surface area (Å²) >= 11 is 1.53. The number of benzene rings is 1. The number of nitrogens with one attached hydrogen (secondary N) is 1. The topological polar surface area (TPSA) is 75.3 Å². The van der Waals surface area contributed by atoms with Gasteiger partial charge in [0.2, 0.25) is 0 Å². The summed E-state index contributed by atoms with van der Waals surface area (Å²) in [6, 6.07) is 9.77. The summed E-state index contributed by atoms with van der Waals surface area (Å²) in [4.78, 5) is 35.5. The standard InChI is InChI=1S/C20H21N3O3S/c1-2-26-12-14(24)10-19-22-16-7-8-23(11-18(16)27-19)20(25)17-9-13-5-3-4-6-15(13)21-17/h3-6,9,21H,2,7-8,10-12H2,1H3. The summed E-state index contributed by atoms with van der Waals surface area (Å²) in [5, 5.41) is 1.84. The van der Waals surface area contributed by atoms with Crippen LogP contribution in [0.25, 0.3) is 10.9 Å². The van der Waals surface area contributed by atoms with E-state index in [1.54, 1.807) is 0 Å². The van der Waals surface area contributed by atoms with Crippen molar-refractivity contribution in [3.63, 3.8) is 0 Å². The highest BCUT2D eigenvalue weighted by molar-refractivity contribution is 7.11. The second kappa shape index (κ2) is 7.62. The summed E-state index contributed by atoms with van der Waals surface area (Å²) < 4.78 is 5.16. The van der Waals surface area contributed by atoms with E-state index < -0.39 is 0 Å². The summed E-state index contributed by atoms with van der Waals surface area (Å²) in [5.41, 5.74) is 2.59. The first-order valence-corrected chi connectivity index (χ1v) is 9.89. The van der Waals surface area contributed by atoms with Crippen molar-refractivity contribution in [3.05, 3.63) is 51.6 Å². The van der Waals surface area contributed by atoms with Crippen LogP contribution >= 0.6 is 11.3 Å². The Morgan fingerprint density at radius 3 is 3.00 bits per heavy atom. The molecule has 3 aromatic rings. The van der Waals surface area contributed by atoms with Gasteiger partial charge in [-0.15, -0.1) is 11.3 Å². The summed E-state index contributed by atoms with van der Waals surface area (Å²) in [7, 11) is 0. The largest absolute Gasteiger partial charge is 0.374 e. The molecular formula is C20H21N3O3S. The zero-order chi connectivity index (χ0) is 18.8. The van der Waals surface area contributed by atoms with E-state index in [1.165, 1.54) is 11.3 Å². The van der Waals surface area contributed by atoms with E-state index in [4.69, 9.17) is 4.74 Å². The summed E-state index contributed by atoms with van der Waals surface area (Å²) in [6.07, 6.45) is 1.02. The number of fused-ring (bicyclic) bond motifs is 2. The molecule has 2 aromatic heterocycles. The number of ether oxygens (including phenoxy) is 1. The van der Waals surface area contributed by atoms with Crippen LogP contribution in [0.15, 0.2) is 30.3 Å². The van der Waals surface area contributed by atoms with Gasteiger partial charge in [0.15, 0.2) is 5.78 Å². The van der Waals surface area contributed by atoms with E-state index in [2.05, 4.69) is 9.97 Å². The third-order valence-corrected chi connectivity index (χ3v) is 5.72. The molecule has 140 valence electrons. The number of rotatable bonds is 6. The molecule has 0 spiro atoms. The lowest BCUT2D eigenvalue weighted by molar-refractivity contribution is -0.122. The molecule has 27 heavy (non-hydrogen) atoms. The Morgan fingerprint density at radius 1 is 1.33 bits per heavy atom. The lowest BCUT2D eigenvalue weighted by atomic mass is 10.1. The Morgan fingerprint density at radius 2 is 2.19 bits per heavy atom. The molecule has 0 unspecified atom stereocenters. The number of hydrogen-bond acceptors (Lipinski definition) is 5. The van der Waals surface area contributed by atoms with Gasteiger partial charge < -0.3 is 14.6 Å². The number of H-pyrrole nitrogens is 1. The Hall–Kier alpha value is -2.51. The quantitative estimate of drug-likeness (QED) is 0.710. The monoisotopic (exact) mass is 383 g/mol. The Bertz CT molecular complexity index is 958. The molecule has 1 N–H and O–H groups in total. The molecule has 1 amide bonds. The molecule has 4 rings (SSSR count). The molecule has 1 aliphatic heterocycles. The van der Waals surface area contributed by atoms with Crippen molar-refractivity contribution in [2.24, 2.45) is 0 Å². The van der Waals surface area contributed by atoms with Crippen molar-refractivity contribution in [1.29, 1.82) is 0 Å². The highest BCUT2D eigenvalue weighted by Gasteiger charge is 2.26. The van der Waals surface area contributed by atoms with Crippen molar-refractivity contribution in [1.82, 2.24) is 14.9 Å². The number of carbonyl (C=O) groups excluding carboxylic acids is 2. The molecule has 0 saturated carbocycles. The van der Waals surface area contributed by atoms with Gasteiger partial charge in [-0.3, -0.25) is 9.59 Å². The maximum Gasteiger partial charge on any atom is 0.270 e. The van der Waals surface area contributed by atoms with Crippen LogP contribution < -0.4 is 0 Å². The van der Waals surface area contributed by atoms with Crippen LogP contribution in [0.1, 0.15) is 33.0 Å². The second-order valence-corrected chi connectivity index (χ2v) is 7.75. The van der Waals surface area contributed by atoms with Crippen LogP contribution in [0, 0.1) is 0 Å². The van der Waals surface area contributed by atoms with E-state index in [1.807, 2.05) is 42.2 Å². The van der Waals surface area contributed by atoms with Gasteiger partial charge >= 0.3 is 0 Å². The molecule has 0 radical (unpaired) electrons. The van der Waals surface area contributed by atoms with Gasteiger partial charge in [0.25, 0.3) is 5.91 Å². The van der Waals surface area contributed by atoms with Crippen LogP contribution in [-0.2, 0) is 28.9 Å². The number of aromatic nitrogens is 2. The lowest BCUT2D eigenvalue weighted by Crippen LogP contribution is -2.35. The first-order chi connectivity index (χ1) is 13.1. The number of nitrogens with zero attached hydrogens (tertiary/aromatic N) is 2. The van der Waals surface area contributed by atoms with Gasteiger partial charge in [-0.2, -0.15) is 0 Å². The average molecular weight is 383 g/mol. The minimum Gasteiger partial charge on any atom is -0.374 e. The van der Waals surface area contributed by atoms with E-state index in [0.717, 1.165) is 32.9 Å². The van der Waals surface area contributed by atoms with Crippen molar-refractivity contribution in [2.75, 3.05) is 19.8 Å². The Balaban J connectivity index is 1.46. The zero-order valence-electron chi connectivity index (χ0n) is 15.2. The molecule has 7 heteroatoms. The van der Waals surface area contributed by atoms with Gasteiger partial charge in [0.1, 0.15) is 17.3 Å². The molecule has 0 atom stereocenters. The minimum atomic E-state index is -0.000720. The van der Waals surface area contributed by atoms with Crippen molar-refractivity contribution >= 4 is 33.9 Å². The smallest absolute Gasteiger partial charge is 0.270 e. The fraction of sp³-hybridized carbons (Fsp3) is 0.350. The summed E-state index contributed by atoms with van der Waals surface area (Å²) in [5.74, 6) is 0.0353. The number of hydrogen-bond donors (Lipinski definition) is 1. The van der Waals surface area contributed by atoms with Crippen molar-refractivity contribution in [3.8, 4) is 0 Å². The molecular weight excluding hydrogens is 362 g/mol. The van der Waals surface area contributed by atoms with Gasteiger partial charge in [0, 0.05) is 35.4 Å². The molecule has 6 nitrogen and oxygen atoms in total. The van der Waals surface area contributed by atoms with Crippen LogP contribution in [-0.4, -0.2) is 46.3 Å². The third kappa shape index (κ3) is 3.79. The van der Waals surface area contributed by atoms with E-state index >= 15 is 0 Å². The van der Waals surface area contributed by atoms with Crippen molar-refractivity contribution in [2.45, 2.75) is 26.3 Å². The maximum atomic E-state index is 12.9. The maximum absolute atomic E-state index is 12.9. The summed E-state index contributed by atoms with van der Waals surface area (Å²) in [6.45, 7) is 3.71. The van der Waals surface area contributed by atoms with Crippen LogP contribution in [0.2, 0.25) is 0 Å². The van der Waals surface area contributed by atoms with Gasteiger partial charge in [-0.05, 0) is 19.1 Å². The SMILES string of the molecule is CCOCC(=O)Cc1nc2c(s1)CN(C(=O)c1cc3ccccc3[nH]1)CC2. The zero-order valence-corrected chi connectivity index (χ0v) is 16.0. The highest BCUT2D eigenvalue weighted by atomic mass is 32.1. The highest BCUT2D eigenvalue weighted by Crippen LogP contribution is 2.27. The first kappa shape index (κ1) is 17.9. The van der Waals surface area contributed by atoms with Gasteiger partial charge in [-0.1, -0.05) is 18.2 Å².